The van der Waals surface area contributed by atoms with Gasteiger partial charge in [0.1, 0.15) is 0 Å². The second kappa shape index (κ2) is 4.85. The van der Waals surface area contributed by atoms with Crippen molar-refractivity contribution in [2.45, 2.75) is 57.8 Å². The normalized spacial score (nSPS) is 39.3. The summed E-state index contributed by atoms with van der Waals surface area (Å²) in [5, 5.41) is 0. The predicted molar refractivity (Wildman–Crippen MR) is 62.6 cm³/mol. The number of hydrogen-bond acceptors (Lipinski definition) is 0. The second-order valence-corrected chi connectivity index (χ2v) is 5.62. The first-order chi connectivity index (χ1) is 7.58. The summed E-state index contributed by atoms with van der Waals surface area (Å²) in [5.74, 6) is -1.16. The molecule has 16 heavy (non-hydrogen) atoms. The van der Waals surface area contributed by atoms with Crippen LogP contribution in [-0.2, 0) is 0 Å². The van der Waals surface area contributed by atoms with Crippen molar-refractivity contribution in [2.24, 2.45) is 17.8 Å². The number of hydrogen-bond donors (Lipinski definition) is 0. The first kappa shape index (κ1) is 12.1. The van der Waals surface area contributed by atoms with Gasteiger partial charge in [0, 0.05) is 12.8 Å². The Morgan fingerprint density at radius 3 is 2.75 bits per heavy atom. The lowest BCUT2D eigenvalue weighted by Gasteiger charge is -2.37. The van der Waals surface area contributed by atoms with Gasteiger partial charge in [-0.25, -0.2) is 8.78 Å². The van der Waals surface area contributed by atoms with Crippen molar-refractivity contribution >= 4 is 0 Å². The Balaban J connectivity index is 1.99. The van der Waals surface area contributed by atoms with Gasteiger partial charge in [-0.2, -0.15) is 0 Å². The zero-order valence-corrected chi connectivity index (χ0v) is 10.1. The Morgan fingerprint density at radius 2 is 2.00 bits per heavy atom. The summed E-state index contributed by atoms with van der Waals surface area (Å²) >= 11 is 0. The van der Waals surface area contributed by atoms with Crippen LogP contribution >= 0.6 is 0 Å². The van der Waals surface area contributed by atoms with Crippen molar-refractivity contribution in [2.75, 3.05) is 0 Å². The quantitative estimate of drug-likeness (QED) is 0.565. The Kier molecular flexibility index (Phi) is 3.66. The zero-order valence-electron chi connectivity index (χ0n) is 10.1. The van der Waals surface area contributed by atoms with Crippen LogP contribution in [0.5, 0.6) is 0 Å². The molecule has 0 radical (unpaired) electrons. The van der Waals surface area contributed by atoms with Gasteiger partial charge < -0.3 is 0 Å². The lowest BCUT2D eigenvalue weighted by atomic mass is 9.71. The minimum Gasteiger partial charge on any atom is -0.207 e. The van der Waals surface area contributed by atoms with Gasteiger partial charge in [0.25, 0.3) is 0 Å². The maximum atomic E-state index is 13.3. The standard InChI is InChI=1S/C14H22F2/c1-11-10-14(15,16)9-8-13(11)12-6-4-2-3-5-7-12/h4,6,11-13H,2-3,5,7-10H2,1H3. The minimum absolute atomic E-state index is 0.0992. The molecule has 0 aromatic carbocycles. The monoisotopic (exact) mass is 228 g/mol. The largest absolute Gasteiger partial charge is 0.248 e. The van der Waals surface area contributed by atoms with E-state index in [1.807, 2.05) is 6.92 Å². The van der Waals surface area contributed by atoms with Gasteiger partial charge in [-0.05, 0) is 43.4 Å². The molecule has 0 aromatic heterocycles. The highest BCUT2D eigenvalue weighted by atomic mass is 19.3. The van der Waals surface area contributed by atoms with Crippen LogP contribution in [0, 0.1) is 17.8 Å². The zero-order chi connectivity index (χ0) is 11.6. The molecule has 0 bridgehead atoms. The molecule has 2 aliphatic carbocycles. The third-order valence-electron chi connectivity index (χ3n) is 4.29. The molecule has 0 aliphatic heterocycles. The lowest BCUT2D eigenvalue weighted by Crippen LogP contribution is -2.34. The predicted octanol–water partition coefficient (Wildman–Crippen LogP) is 4.80. The first-order valence-electron chi connectivity index (χ1n) is 6.63. The summed E-state index contributed by atoms with van der Waals surface area (Å²) < 4.78 is 26.5. The fraction of sp³-hybridized carbons (Fsp3) is 0.857. The summed E-state index contributed by atoms with van der Waals surface area (Å²) in [5.41, 5.74) is 0. The topological polar surface area (TPSA) is 0 Å². The van der Waals surface area contributed by atoms with E-state index in [0.29, 0.717) is 18.3 Å². The maximum Gasteiger partial charge on any atom is 0.248 e. The average Bonchev–Trinajstić information content (AvgIpc) is 2.44. The van der Waals surface area contributed by atoms with E-state index in [-0.39, 0.29) is 18.8 Å². The van der Waals surface area contributed by atoms with Crippen molar-refractivity contribution in [3.63, 3.8) is 0 Å². The minimum atomic E-state index is -2.40. The highest BCUT2D eigenvalue weighted by Gasteiger charge is 2.41. The van der Waals surface area contributed by atoms with E-state index < -0.39 is 5.92 Å². The highest BCUT2D eigenvalue weighted by molar-refractivity contribution is 4.97. The Labute approximate surface area is 97.1 Å². The molecule has 3 unspecified atom stereocenters. The SMILES string of the molecule is CC1CC(F)(F)CCC1C1C=CCCCC1. The maximum absolute atomic E-state index is 13.3. The molecule has 2 heteroatoms. The van der Waals surface area contributed by atoms with E-state index >= 15 is 0 Å². The van der Waals surface area contributed by atoms with E-state index in [9.17, 15) is 8.78 Å². The lowest BCUT2D eigenvalue weighted by molar-refractivity contribution is -0.0718. The molecule has 3 atom stereocenters. The molecule has 1 fully saturated rings. The van der Waals surface area contributed by atoms with E-state index in [4.69, 9.17) is 0 Å². The van der Waals surface area contributed by atoms with Gasteiger partial charge in [-0.3, -0.25) is 0 Å². The van der Waals surface area contributed by atoms with Crippen LogP contribution < -0.4 is 0 Å². The summed E-state index contributed by atoms with van der Waals surface area (Å²) in [4.78, 5) is 0. The molecule has 2 rings (SSSR count). The van der Waals surface area contributed by atoms with Crippen LogP contribution in [0.25, 0.3) is 0 Å². The molecule has 0 nitrogen and oxygen atoms in total. The summed E-state index contributed by atoms with van der Waals surface area (Å²) in [6.07, 6.45) is 10.4. The van der Waals surface area contributed by atoms with Crippen LogP contribution in [0.3, 0.4) is 0 Å². The summed E-state index contributed by atoms with van der Waals surface area (Å²) in [6, 6.07) is 0. The molecule has 0 aromatic rings. The van der Waals surface area contributed by atoms with E-state index in [1.165, 1.54) is 25.7 Å². The number of allylic oxidation sites excluding steroid dienone is 2. The van der Waals surface area contributed by atoms with E-state index in [1.54, 1.807) is 0 Å². The Bertz CT molecular complexity index is 257. The van der Waals surface area contributed by atoms with Crippen molar-refractivity contribution < 1.29 is 8.78 Å². The van der Waals surface area contributed by atoms with Crippen molar-refractivity contribution in [1.29, 1.82) is 0 Å². The smallest absolute Gasteiger partial charge is 0.207 e. The number of halogens is 2. The molecule has 0 amide bonds. The van der Waals surface area contributed by atoms with Crippen LogP contribution in [0.2, 0.25) is 0 Å². The average molecular weight is 228 g/mol. The third kappa shape index (κ3) is 2.83. The van der Waals surface area contributed by atoms with Gasteiger partial charge in [-0.15, -0.1) is 0 Å². The van der Waals surface area contributed by atoms with Crippen LogP contribution in [-0.4, -0.2) is 5.92 Å². The molecule has 92 valence electrons. The molecule has 0 heterocycles. The fourth-order valence-corrected chi connectivity index (χ4v) is 3.39. The van der Waals surface area contributed by atoms with Crippen LogP contribution in [0.4, 0.5) is 8.78 Å². The van der Waals surface area contributed by atoms with Crippen molar-refractivity contribution in [3.8, 4) is 0 Å². The van der Waals surface area contributed by atoms with Crippen LogP contribution in [0.1, 0.15) is 51.9 Å². The van der Waals surface area contributed by atoms with E-state index in [0.717, 1.165) is 0 Å². The van der Waals surface area contributed by atoms with Gasteiger partial charge in [0.05, 0.1) is 0 Å². The summed E-state index contributed by atoms with van der Waals surface area (Å²) in [6.45, 7) is 2.01. The van der Waals surface area contributed by atoms with E-state index in [2.05, 4.69) is 12.2 Å². The van der Waals surface area contributed by atoms with Gasteiger partial charge in [-0.1, -0.05) is 25.5 Å². The van der Waals surface area contributed by atoms with Gasteiger partial charge in [0.2, 0.25) is 5.92 Å². The van der Waals surface area contributed by atoms with Crippen LogP contribution in [0.15, 0.2) is 12.2 Å². The molecule has 0 spiro atoms. The number of alkyl halides is 2. The highest BCUT2D eigenvalue weighted by Crippen LogP contribution is 2.44. The molecule has 2 aliphatic rings. The molecular formula is C14H22F2. The van der Waals surface area contributed by atoms with Gasteiger partial charge >= 0.3 is 0 Å². The Hall–Kier alpha value is -0.400. The molecule has 0 saturated heterocycles. The van der Waals surface area contributed by atoms with Crippen molar-refractivity contribution in [3.05, 3.63) is 12.2 Å². The van der Waals surface area contributed by atoms with Crippen molar-refractivity contribution in [1.82, 2.24) is 0 Å². The molecule has 1 saturated carbocycles. The third-order valence-corrected chi connectivity index (χ3v) is 4.29. The molecule has 0 N–H and O–H groups in total. The molecular weight excluding hydrogens is 206 g/mol. The Morgan fingerprint density at radius 1 is 1.19 bits per heavy atom. The first-order valence-corrected chi connectivity index (χ1v) is 6.63. The fourth-order valence-electron chi connectivity index (χ4n) is 3.39. The number of rotatable bonds is 1. The van der Waals surface area contributed by atoms with Gasteiger partial charge in [0.15, 0.2) is 0 Å². The summed E-state index contributed by atoms with van der Waals surface area (Å²) in [7, 11) is 0. The second-order valence-electron chi connectivity index (χ2n) is 5.62.